The van der Waals surface area contributed by atoms with E-state index in [-0.39, 0.29) is 11.6 Å². The Hall–Kier alpha value is -2.18. The third kappa shape index (κ3) is 6.20. The van der Waals surface area contributed by atoms with Gasteiger partial charge in [-0.05, 0) is 32.9 Å². The van der Waals surface area contributed by atoms with Crippen LogP contribution in [-0.4, -0.2) is 48.7 Å². The summed E-state index contributed by atoms with van der Waals surface area (Å²) in [6, 6.07) is 3.40. The van der Waals surface area contributed by atoms with Crippen molar-refractivity contribution in [3.63, 3.8) is 0 Å². The summed E-state index contributed by atoms with van der Waals surface area (Å²) in [6.07, 6.45) is 0. The van der Waals surface area contributed by atoms with Crippen LogP contribution in [0.2, 0.25) is 0 Å². The van der Waals surface area contributed by atoms with E-state index in [1.54, 1.807) is 26.2 Å². The van der Waals surface area contributed by atoms with E-state index in [1.165, 1.54) is 4.90 Å². The SMILES string of the molecule is CN(C)C(=O)NCCNc1ccc(N)c(OC(C)(C)C)n1. The van der Waals surface area contributed by atoms with Gasteiger partial charge < -0.3 is 26.0 Å². The zero-order valence-electron chi connectivity index (χ0n) is 13.4. The van der Waals surface area contributed by atoms with Gasteiger partial charge in [0, 0.05) is 27.2 Å². The number of hydrogen-bond acceptors (Lipinski definition) is 5. The molecule has 1 heterocycles. The minimum atomic E-state index is -0.362. The summed E-state index contributed by atoms with van der Waals surface area (Å²) in [4.78, 5) is 17.2. The lowest BCUT2D eigenvalue weighted by Gasteiger charge is -2.21. The van der Waals surface area contributed by atoms with Gasteiger partial charge in [0.2, 0.25) is 5.88 Å². The standard InChI is InChI=1S/C14H25N5O2/c1-14(2,3)21-12-10(15)6-7-11(18-12)16-8-9-17-13(20)19(4)5/h6-7H,8-9,15H2,1-5H3,(H,16,18)(H,17,20). The van der Waals surface area contributed by atoms with Crippen molar-refractivity contribution < 1.29 is 9.53 Å². The molecule has 0 radical (unpaired) electrons. The second-order valence-corrected chi connectivity index (χ2v) is 5.86. The Balaban J connectivity index is 2.53. The third-order valence-electron chi connectivity index (χ3n) is 2.41. The molecule has 0 bridgehead atoms. The minimum Gasteiger partial charge on any atom is -0.470 e. The van der Waals surface area contributed by atoms with Crippen LogP contribution < -0.4 is 21.1 Å². The Morgan fingerprint density at radius 1 is 1.33 bits per heavy atom. The fourth-order valence-electron chi connectivity index (χ4n) is 1.44. The lowest BCUT2D eigenvalue weighted by atomic mass is 10.2. The zero-order chi connectivity index (χ0) is 16.0. The molecule has 7 nitrogen and oxygen atoms in total. The maximum absolute atomic E-state index is 11.3. The monoisotopic (exact) mass is 295 g/mol. The normalized spacial score (nSPS) is 10.9. The van der Waals surface area contributed by atoms with Crippen molar-refractivity contribution in [1.82, 2.24) is 15.2 Å². The summed E-state index contributed by atoms with van der Waals surface area (Å²) >= 11 is 0. The first-order chi connectivity index (χ1) is 9.69. The second-order valence-electron chi connectivity index (χ2n) is 5.86. The second kappa shape index (κ2) is 7.01. The number of ether oxygens (including phenoxy) is 1. The summed E-state index contributed by atoms with van der Waals surface area (Å²) in [7, 11) is 3.39. The summed E-state index contributed by atoms with van der Waals surface area (Å²) in [5, 5.41) is 5.87. The molecule has 1 aromatic rings. The van der Waals surface area contributed by atoms with E-state index in [0.717, 1.165) is 0 Å². The van der Waals surface area contributed by atoms with Crippen molar-refractivity contribution in [3.05, 3.63) is 12.1 Å². The number of hydrogen-bond donors (Lipinski definition) is 3. The number of amides is 2. The topological polar surface area (TPSA) is 92.5 Å². The smallest absolute Gasteiger partial charge is 0.316 e. The van der Waals surface area contributed by atoms with Crippen LogP contribution in [0.1, 0.15) is 20.8 Å². The van der Waals surface area contributed by atoms with E-state index in [2.05, 4.69) is 15.6 Å². The number of nitrogens with one attached hydrogen (secondary N) is 2. The molecule has 1 rings (SSSR count). The minimum absolute atomic E-state index is 0.126. The highest BCUT2D eigenvalue weighted by molar-refractivity contribution is 5.73. The number of nitrogens with two attached hydrogens (primary N) is 1. The predicted molar refractivity (Wildman–Crippen MR) is 84.6 cm³/mol. The van der Waals surface area contributed by atoms with Crippen LogP contribution in [0, 0.1) is 0 Å². The molecule has 118 valence electrons. The Morgan fingerprint density at radius 3 is 2.57 bits per heavy atom. The molecule has 2 amide bonds. The highest BCUT2D eigenvalue weighted by Gasteiger charge is 2.15. The molecule has 0 spiro atoms. The fourth-order valence-corrected chi connectivity index (χ4v) is 1.44. The van der Waals surface area contributed by atoms with Gasteiger partial charge in [-0.3, -0.25) is 0 Å². The first kappa shape index (κ1) is 16.9. The molecule has 0 aliphatic carbocycles. The van der Waals surface area contributed by atoms with Crippen LogP contribution in [0.15, 0.2) is 12.1 Å². The third-order valence-corrected chi connectivity index (χ3v) is 2.41. The molecule has 7 heteroatoms. The van der Waals surface area contributed by atoms with Gasteiger partial charge in [-0.15, -0.1) is 0 Å². The fraction of sp³-hybridized carbons (Fsp3) is 0.571. The number of pyridine rings is 1. The van der Waals surface area contributed by atoms with Crippen LogP contribution in [0.4, 0.5) is 16.3 Å². The van der Waals surface area contributed by atoms with Gasteiger partial charge in [0.15, 0.2) is 0 Å². The summed E-state index contributed by atoms with van der Waals surface area (Å²) in [6.45, 7) is 6.87. The number of anilines is 2. The number of rotatable bonds is 5. The molecule has 0 aliphatic rings. The zero-order valence-corrected chi connectivity index (χ0v) is 13.4. The molecular formula is C14H25N5O2. The van der Waals surface area contributed by atoms with Gasteiger partial charge in [0.05, 0.1) is 5.69 Å². The van der Waals surface area contributed by atoms with Gasteiger partial charge in [-0.1, -0.05) is 0 Å². The van der Waals surface area contributed by atoms with Crippen LogP contribution >= 0.6 is 0 Å². The number of nitrogens with zero attached hydrogens (tertiary/aromatic N) is 2. The molecule has 0 aliphatic heterocycles. The van der Waals surface area contributed by atoms with E-state index in [4.69, 9.17) is 10.5 Å². The molecule has 0 fully saturated rings. The number of aromatic nitrogens is 1. The van der Waals surface area contributed by atoms with Gasteiger partial charge in [0.25, 0.3) is 0 Å². The molecule has 0 unspecified atom stereocenters. The molecule has 0 saturated carbocycles. The molecular weight excluding hydrogens is 270 g/mol. The maximum atomic E-state index is 11.3. The van der Waals surface area contributed by atoms with E-state index in [9.17, 15) is 4.79 Å². The Morgan fingerprint density at radius 2 is 2.00 bits per heavy atom. The first-order valence-corrected chi connectivity index (χ1v) is 6.83. The lowest BCUT2D eigenvalue weighted by molar-refractivity contribution is 0.125. The van der Waals surface area contributed by atoms with Crippen molar-refractivity contribution in [2.45, 2.75) is 26.4 Å². The average molecular weight is 295 g/mol. The molecule has 0 atom stereocenters. The highest BCUT2D eigenvalue weighted by Crippen LogP contribution is 2.24. The quantitative estimate of drug-likeness (QED) is 0.716. The van der Waals surface area contributed by atoms with Gasteiger partial charge >= 0.3 is 6.03 Å². The predicted octanol–water partition coefficient (Wildman–Crippen LogP) is 1.52. The van der Waals surface area contributed by atoms with E-state index in [0.29, 0.717) is 30.5 Å². The van der Waals surface area contributed by atoms with Crippen molar-refractivity contribution in [3.8, 4) is 5.88 Å². The molecule has 0 saturated heterocycles. The van der Waals surface area contributed by atoms with Gasteiger partial charge in [-0.25, -0.2) is 4.79 Å². The number of nitrogen functional groups attached to an aromatic ring is 1. The van der Waals surface area contributed by atoms with Gasteiger partial charge in [0.1, 0.15) is 11.4 Å². The molecule has 21 heavy (non-hydrogen) atoms. The van der Waals surface area contributed by atoms with E-state index in [1.807, 2.05) is 20.8 Å². The highest BCUT2D eigenvalue weighted by atomic mass is 16.5. The number of carbonyl (C=O) groups excluding carboxylic acids is 1. The van der Waals surface area contributed by atoms with Crippen LogP contribution in [0.5, 0.6) is 5.88 Å². The first-order valence-electron chi connectivity index (χ1n) is 6.83. The Kier molecular flexibility index (Phi) is 5.63. The van der Waals surface area contributed by atoms with Crippen molar-refractivity contribution >= 4 is 17.5 Å². The number of urea groups is 1. The average Bonchev–Trinajstić information content (AvgIpc) is 2.36. The van der Waals surface area contributed by atoms with E-state index >= 15 is 0 Å². The Bertz CT molecular complexity index is 483. The van der Waals surface area contributed by atoms with Crippen LogP contribution in [0.3, 0.4) is 0 Å². The number of carbonyl (C=O) groups is 1. The van der Waals surface area contributed by atoms with Crippen molar-refractivity contribution in [1.29, 1.82) is 0 Å². The van der Waals surface area contributed by atoms with Crippen LogP contribution in [-0.2, 0) is 0 Å². The van der Waals surface area contributed by atoms with Crippen molar-refractivity contribution in [2.24, 2.45) is 0 Å². The largest absolute Gasteiger partial charge is 0.470 e. The lowest BCUT2D eigenvalue weighted by Crippen LogP contribution is -2.37. The maximum Gasteiger partial charge on any atom is 0.316 e. The van der Waals surface area contributed by atoms with E-state index < -0.39 is 0 Å². The molecule has 4 N–H and O–H groups in total. The summed E-state index contributed by atoms with van der Waals surface area (Å²) < 4.78 is 5.70. The van der Waals surface area contributed by atoms with Crippen LogP contribution in [0.25, 0.3) is 0 Å². The van der Waals surface area contributed by atoms with Gasteiger partial charge in [-0.2, -0.15) is 4.98 Å². The molecule has 1 aromatic heterocycles. The molecule has 0 aromatic carbocycles. The summed E-state index contributed by atoms with van der Waals surface area (Å²) in [5.74, 6) is 1.06. The van der Waals surface area contributed by atoms with Crippen molar-refractivity contribution in [2.75, 3.05) is 38.2 Å². The summed E-state index contributed by atoms with van der Waals surface area (Å²) in [5.41, 5.74) is 5.98. The Labute approximate surface area is 125 Å².